The molecule has 40 heavy (non-hydrogen) atoms. The first-order valence-corrected chi connectivity index (χ1v) is 12.9. The van der Waals surface area contributed by atoms with E-state index in [1.54, 1.807) is 24.3 Å². The van der Waals surface area contributed by atoms with Crippen molar-refractivity contribution in [3.63, 3.8) is 0 Å². The Morgan fingerprint density at radius 2 is 1.57 bits per heavy atom. The molecule has 3 unspecified atom stereocenters. The van der Waals surface area contributed by atoms with Gasteiger partial charge in [0, 0.05) is 11.3 Å². The molecule has 3 atom stereocenters. The van der Waals surface area contributed by atoms with Crippen molar-refractivity contribution >= 4 is 23.6 Å². The van der Waals surface area contributed by atoms with Gasteiger partial charge >= 0.3 is 6.09 Å². The molecule has 1 fully saturated rings. The van der Waals surface area contributed by atoms with Crippen LogP contribution >= 0.6 is 0 Å². The number of halogens is 1. The van der Waals surface area contributed by atoms with Crippen LogP contribution in [0, 0.1) is 5.82 Å². The Bertz CT molecular complexity index is 1500. The largest absolute Gasteiger partial charge is 0.438 e. The quantitative estimate of drug-likeness (QED) is 0.288. The maximum absolute atomic E-state index is 13.7. The predicted octanol–water partition coefficient (Wildman–Crippen LogP) is 6.02. The molecule has 8 heteroatoms. The molecule has 1 aliphatic heterocycles. The van der Waals surface area contributed by atoms with Crippen LogP contribution in [0.3, 0.4) is 0 Å². The second-order valence-corrected chi connectivity index (χ2v) is 9.59. The number of hydrogen-bond donors (Lipinski definition) is 2. The Hall–Kier alpha value is -4.98. The lowest BCUT2D eigenvalue weighted by Gasteiger charge is -2.26. The minimum absolute atomic E-state index is 0.189. The minimum atomic E-state index is -0.957. The summed E-state index contributed by atoms with van der Waals surface area (Å²) in [6.45, 7) is 2.07. The molecule has 202 valence electrons. The average molecular weight is 538 g/mol. The van der Waals surface area contributed by atoms with E-state index in [1.807, 2.05) is 67.6 Å². The van der Waals surface area contributed by atoms with E-state index in [9.17, 15) is 18.8 Å². The van der Waals surface area contributed by atoms with Crippen molar-refractivity contribution in [2.45, 2.75) is 31.7 Å². The number of cyclic esters (lactones) is 1. The molecule has 0 spiro atoms. The normalized spacial score (nSPS) is 17.1. The van der Waals surface area contributed by atoms with E-state index in [-0.39, 0.29) is 18.5 Å². The van der Waals surface area contributed by atoms with E-state index < -0.39 is 30.0 Å². The van der Waals surface area contributed by atoms with Crippen molar-refractivity contribution in [3.05, 3.63) is 137 Å². The fraction of sp³-hybridized carbons (Fsp3) is 0.156. The van der Waals surface area contributed by atoms with Crippen molar-refractivity contribution in [2.24, 2.45) is 0 Å². The zero-order valence-corrected chi connectivity index (χ0v) is 21.8. The Labute approximate surface area is 231 Å². The van der Waals surface area contributed by atoms with Gasteiger partial charge in [0.25, 0.3) is 5.91 Å². The lowest BCUT2D eigenvalue weighted by molar-refractivity contribution is -0.127. The molecule has 5 rings (SSSR count). The average Bonchev–Trinajstić information content (AvgIpc) is 3.30. The zero-order valence-electron chi connectivity index (χ0n) is 21.8. The third-order valence-corrected chi connectivity index (χ3v) is 6.79. The van der Waals surface area contributed by atoms with Gasteiger partial charge in [-0.3, -0.25) is 14.5 Å². The van der Waals surface area contributed by atoms with E-state index in [2.05, 4.69) is 10.6 Å². The van der Waals surface area contributed by atoms with Crippen LogP contribution in [-0.4, -0.2) is 28.8 Å². The molecule has 0 aromatic heterocycles. The van der Waals surface area contributed by atoms with Crippen LogP contribution in [0.2, 0.25) is 0 Å². The first-order chi connectivity index (χ1) is 19.4. The van der Waals surface area contributed by atoms with Crippen molar-refractivity contribution < 1.29 is 23.5 Å². The molecule has 3 amide bonds. The summed E-state index contributed by atoms with van der Waals surface area (Å²) in [5.74, 6) is -1.21. The standard InChI is InChI=1S/C32H28FN3O4/c1-21(23-11-6-3-7-12-23)34-31(38)28-29(40-32(39)36(28)20-22-9-4-2-5-10-22)25-13-8-14-27(19-25)35-30(37)24-15-17-26(33)18-16-24/h2-19,21,28-29H,20H2,1H3,(H,34,38)(H,35,37). The van der Waals surface area contributed by atoms with Crippen LogP contribution in [0.4, 0.5) is 14.9 Å². The molecule has 0 saturated carbocycles. The molecule has 1 saturated heterocycles. The molecular weight excluding hydrogens is 509 g/mol. The van der Waals surface area contributed by atoms with Crippen LogP contribution in [0.25, 0.3) is 0 Å². The molecule has 0 radical (unpaired) electrons. The van der Waals surface area contributed by atoms with Crippen molar-refractivity contribution in [1.29, 1.82) is 0 Å². The number of nitrogens with zero attached hydrogens (tertiary/aromatic N) is 1. The number of nitrogens with one attached hydrogen (secondary N) is 2. The highest BCUT2D eigenvalue weighted by Gasteiger charge is 2.47. The zero-order chi connectivity index (χ0) is 28.1. The van der Waals surface area contributed by atoms with Gasteiger partial charge in [-0.2, -0.15) is 0 Å². The molecule has 7 nitrogen and oxygen atoms in total. The van der Waals surface area contributed by atoms with Gasteiger partial charge in [-0.1, -0.05) is 72.8 Å². The summed E-state index contributed by atoms with van der Waals surface area (Å²) >= 11 is 0. The first-order valence-electron chi connectivity index (χ1n) is 12.9. The van der Waals surface area contributed by atoms with Crippen LogP contribution in [0.1, 0.15) is 46.1 Å². The topological polar surface area (TPSA) is 87.7 Å². The lowest BCUT2D eigenvalue weighted by Crippen LogP contribution is -2.46. The van der Waals surface area contributed by atoms with Gasteiger partial charge in [0.15, 0.2) is 12.1 Å². The number of benzene rings is 4. The van der Waals surface area contributed by atoms with Crippen molar-refractivity contribution in [3.8, 4) is 0 Å². The van der Waals surface area contributed by atoms with Gasteiger partial charge in [0.1, 0.15) is 5.82 Å². The van der Waals surface area contributed by atoms with E-state index in [0.717, 1.165) is 11.1 Å². The fourth-order valence-electron chi connectivity index (χ4n) is 4.71. The predicted molar refractivity (Wildman–Crippen MR) is 149 cm³/mol. The fourth-order valence-corrected chi connectivity index (χ4v) is 4.71. The smallest absolute Gasteiger partial charge is 0.411 e. The number of anilines is 1. The van der Waals surface area contributed by atoms with Gasteiger partial charge in [0.2, 0.25) is 5.91 Å². The molecule has 1 aliphatic rings. The Morgan fingerprint density at radius 3 is 2.27 bits per heavy atom. The maximum Gasteiger partial charge on any atom is 0.411 e. The SMILES string of the molecule is CC(NC(=O)C1C(c2cccc(NC(=O)c3ccc(F)cc3)c2)OC(=O)N1Cc1ccccc1)c1ccccc1. The van der Waals surface area contributed by atoms with E-state index in [4.69, 9.17) is 4.74 Å². The van der Waals surface area contributed by atoms with Crippen LogP contribution < -0.4 is 10.6 Å². The second kappa shape index (κ2) is 11.8. The molecule has 2 N–H and O–H groups in total. The molecule has 0 aliphatic carbocycles. The summed E-state index contributed by atoms with van der Waals surface area (Å²) in [6, 6.07) is 29.7. The molecule has 4 aromatic rings. The Kier molecular flexibility index (Phi) is 7.87. The van der Waals surface area contributed by atoms with Crippen LogP contribution in [0.5, 0.6) is 0 Å². The third-order valence-electron chi connectivity index (χ3n) is 6.79. The number of hydrogen-bond acceptors (Lipinski definition) is 4. The number of amides is 3. The summed E-state index contributed by atoms with van der Waals surface area (Å²) in [4.78, 5) is 41.0. The van der Waals surface area contributed by atoms with E-state index in [1.165, 1.54) is 29.2 Å². The summed E-state index contributed by atoms with van der Waals surface area (Å²) in [5.41, 5.74) is 3.07. The van der Waals surface area contributed by atoms with Gasteiger partial charge < -0.3 is 15.4 Å². The number of carbonyl (C=O) groups excluding carboxylic acids is 3. The van der Waals surface area contributed by atoms with Gasteiger partial charge in [-0.15, -0.1) is 0 Å². The van der Waals surface area contributed by atoms with E-state index in [0.29, 0.717) is 16.8 Å². The van der Waals surface area contributed by atoms with Gasteiger partial charge in [-0.05, 0) is 60.0 Å². The maximum atomic E-state index is 13.7. The Balaban J connectivity index is 1.42. The highest BCUT2D eigenvalue weighted by molar-refractivity contribution is 6.04. The molecule has 0 bridgehead atoms. The van der Waals surface area contributed by atoms with Gasteiger partial charge in [-0.25, -0.2) is 9.18 Å². The minimum Gasteiger partial charge on any atom is -0.438 e. The van der Waals surface area contributed by atoms with Crippen LogP contribution in [0.15, 0.2) is 109 Å². The van der Waals surface area contributed by atoms with Crippen molar-refractivity contribution in [1.82, 2.24) is 10.2 Å². The highest BCUT2D eigenvalue weighted by atomic mass is 19.1. The monoisotopic (exact) mass is 537 g/mol. The summed E-state index contributed by atoms with van der Waals surface area (Å²) in [6.07, 6.45) is -1.52. The summed E-state index contributed by atoms with van der Waals surface area (Å²) < 4.78 is 19.1. The second-order valence-electron chi connectivity index (χ2n) is 9.59. The Morgan fingerprint density at radius 1 is 0.900 bits per heavy atom. The van der Waals surface area contributed by atoms with Gasteiger partial charge in [0.05, 0.1) is 12.6 Å². The summed E-state index contributed by atoms with van der Waals surface area (Å²) in [5, 5.41) is 5.82. The third kappa shape index (κ3) is 6.02. The van der Waals surface area contributed by atoms with Crippen molar-refractivity contribution in [2.75, 3.05) is 5.32 Å². The number of carbonyl (C=O) groups is 3. The molecular formula is C32H28FN3O4. The number of ether oxygens (including phenoxy) is 1. The number of rotatable bonds is 8. The molecule has 4 aromatic carbocycles. The lowest BCUT2D eigenvalue weighted by atomic mass is 9.99. The first kappa shape index (κ1) is 26.6. The highest BCUT2D eigenvalue weighted by Crippen LogP contribution is 2.35. The summed E-state index contributed by atoms with van der Waals surface area (Å²) in [7, 11) is 0. The van der Waals surface area contributed by atoms with Crippen LogP contribution in [-0.2, 0) is 16.1 Å². The molecule has 1 heterocycles. The van der Waals surface area contributed by atoms with E-state index >= 15 is 0 Å².